The third-order valence-corrected chi connectivity index (χ3v) is 4.71. The summed E-state index contributed by atoms with van der Waals surface area (Å²) in [6.07, 6.45) is 3.30. The third-order valence-electron chi connectivity index (χ3n) is 4.71. The summed E-state index contributed by atoms with van der Waals surface area (Å²) in [6.45, 7) is 5.57. The van der Waals surface area contributed by atoms with Crippen LogP contribution in [0.1, 0.15) is 38.7 Å². The van der Waals surface area contributed by atoms with Crippen LogP contribution in [0.5, 0.6) is 11.5 Å². The number of rotatable bonds is 9. The van der Waals surface area contributed by atoms with Crippen molar-refractivity contribution in [3.8, 4) is 11.5 Å². The molecule has 158 valence electrons. The minimum absolute atomic E-state index is 0.0850. The van der Waals surface area contributed by atoms with Crippen molar-refractivity contribution >= 4 is 5.96 Å². The largest absolute Gasteiger partial charge is 0.497 e. The minimum atomic E-state index is -2.89. The number of aliphatic imine (C=N–C) groups is 1. The standard InChI is InChI=1S/C20H32F2N4O2/c1-4-10-26-11-8-16(9-12-26)25-20(23-5-2)24-14-15-6-7-17(27-3)13-18(15)28-19(21)22/h6-7,13,16,19H,4-5,8-12,14H2,1-3H3,(H2,23,24,25). The van der Waals surface area contributed by atoms with E-state index >= 15 is 0 Å². The third kappa shape index (κ3) is 7.14. The molecule has 0 amide bonds. The van der Waals surface area contributed by atoms with Gasteiger partial charge < -0.3 is 25.0 Å². The molecular formula is C20H32F2N4O2. The van der Waals surface area contributed by atoms with Crippen LogP contribution in [0.2, 0.25) is 0 Å². The summed E-state index contributed by atoms with van der Waals surface area (Å²) in [4.78, 5) is 7.05. The fraction of sp³-hybridized carbons (Fsp3) is 0.650. The summed E-state index contributed by atoms with van der Waals surface area (Å²) in [7, 11) is 1.48. The number of alkyl halides is 2. The van der Waals surface area contributed by atoms with Crippen LogP contribution in [0.4, 0.5) is 8.78 Å². The monoisotopic (exact) mass is 398 g/mol. The number of hydrogen-bond donors (Lipinski definition) is 2. The van der Waals surface area contributed by atoms with Gasteiger partial charge in [-0.1, -0.05) is 6.92 Å². The molecule has 1 aromatic carbocycles. The molecule has 0 aliphatic carbocycles. The summed E-state index contributed by atoms with van der Waals surface area (Å²) >= 11 is 0. The lowest BCUT2D eigenvalue weighted by molar-refractivity contribution is -0.0505. The Morgan fingerprint density at radius 2 is 2.04 bits per heavy atom. The summed E-state index contributed by atoms with van der Waals surface area (Å²) in [6, 6.07) is 5.24. The molecule has 28 heavy (non-hydrogen) atoms. The van der Waals surface area contributed by atoms with Gasteiger partial charge in [-0.25, -0.2) is 4.99 Å². The molecule has 0 radical (unpaired) electrons. The van der Waals surface area contributed by atoms with Gasteiger partial charge in [0.25, 0.3) is 0 Å². The lowest BCUT2D eigenvalue weighted by atomic mass is 10.1. The van der Waals surface area contributed by atoms with E-state index in [1.54, 1.807) is 12.1 Å². The van der Waals surface area contributed by atoms with Gasteiger partial charge in [-0.15, -0.1) is 0 Å². The second kappa shape index (κ2) is 11.7. The lowest BCUT2D eigenvalue weighted by Crippen LogP contribution is -2.48. The van der Waals surface area contributed by atoms with E-state index in [1.807, 2.05) is 6.92 Å². The molecule has 0 saturated carbocycles. The van der Waals surface area contributed by atoms with Crippen molar-refractivity contribution in [3.05, 3.63) is 23.8 Å². The molecule has 1 heterocycles. The van der Waals surface area contributed by atoms with Crippen molar-refractivity contribution < 1.29 is 18.3 Å². The van der Waals surface area contributed by atoms with Crippen LogP contribution < -0.4 is 20.1 Å². The number of piperidine rings is 1. The van der Waals surface area contributed by atoms with Crippen LogP contribution in [0.15, 0.2) is 23.2 Å². The molecule has 1 aromatic rings. The number of likely N-dealkylation sites (tertiary alicyclic amines) is 1. The molecule has 0 spiro atoms. The van der Waals surface area contributed by atoms with Gasteiger partial charge in [-0.2, -0.15) is 8.78 Å². The first-order valence-electron chi connectivity index (χ1n) is 9.94. The number of methoxy groups -OCH3 is 1. The molecule has 1 saturated heterocycles. The highest BCUT2D eigenvalue weighted by Gasteiger charge is 2.19. The zero-order valence-corrected chi connectivity index (χ0v) is 17.0. The van der Waals surface area contributed by atoms with Gasteiger partial charge in [0.05, 0.1) is 13.7 Å². The fourth-order valence-corrected chi connectivity index (χ4v) is 3.29. The summed E-state index contributed by atoms with van der Waals surface area (Å²) in [5, 5.41) is 6.70. The molecule has 2 N–H and O–H groups in total. The van der Waals surface area contributed by atoms with Gasteiger partial charge in [0.2, 0.25) is 0 Å². The van der Waals surface area contributed by atoms with Crippen molar-refractivity contribution in [1.29, 1.82) is 0 Å². The fourth-order valence-electron chi connectivity index (χ4n) is 3.29. The molecule has 0 bridgehead atoms. The predicted molar refractivity (Wildman–Crippen MR) is 107 cm³/mol. The van der Waals surface area contributed by atoms with E-state index in [0.29, 0.717) is 23.3 Å². The Balaban J connectivity index is 2.02. The van der Waals surface area contributed by atoms with Crippen molar-refractivity contribution in [2.45, 2.75) is 52.3 Å². The van der Waals surface area contributed by atoms with Gasteiger partial charge >= 0.3 is 6.61 Å². The van der Waals surface area contributed by atoms with Crippen LogP contribution in [0, 0.1) is 0 Å². The second-order valence-corrected chi connectivity index (χ2v) is 6.81. The first-order chi connectivity index (χ1) is 13.5. The van der Waals surface area contributed by atoms with Crippen LogP contribution in [-0.2, 0) is 6.54 Å². The average molecular weight is 398 g/mol. The highest BCUT2D eigenvalue weighted by molar-refractivity contribution is 5.80. The average Bonchev–Trinajstić information content (AvgIpc) is 2.68. The molecule has 1 aliphatic heterocycles. The van der Waals surface area contributed by atoms with E-state index < -0.39 is 6.61 Å². The Kier molecular flexibility index (Phi) is 9.27. The van der Waals surface area contributed by atoms with E-state index in [9.17, 15) is 8.78 Å². The maximum atomic E-state index is 12.7. The van der Waals surface area contributed by atoms with Crippen molar-refractivity contribution in [3.63, 3.8) is 0 Å². The topological polar surface area (TPSA) is 58.1 Å². The minimum Gasteiger partial charge on any atom is -0.497 e. The number of hydrogen-bond acceptors (Lipinski definition) is 4. The van der Waals surface area contributed by atoms with Gasteiger partial charge in [0.1, 0.15) is 11.5 Å². The van der Waals surface area contributed by atoms with Gasteiger partial charge in [0, 0.05) is 37.3 Å². The number of benzene rings is 1. The summed E-state index contributed by atoms with van der Waals surface area (Å²) < 4.78 is 35.2. The van der Waals surface area contributed by atoms with Crippen LogP contribution in [0.3, 0.4) is 0 Å². The molecule has 0 aromatic heterocycles. The maximum Gasteiger partial charge on any atom is 0.387 e. The number of halogens is 2. The Labute approximate surface area is 166 Å². The molecule has 6 nitrogen and oxygen atoms in total. The molecule has 2 rings (SSSR count). The van der Waals surface area contributed by atoms with Crippen molar-refractivity contribution in [2.75, 3.05) is 33.3 Å². The van der Waals surface area contributed by atoms with Gasteiger partial charge in [-0.05, 0) is 44.9 Å². The van der Waals surface area contributed by atoms with Crippen LogP contribution >= 0.6 is 0 Å². The van der Waals surface area contributed by atoms with Crippen LogP contribution in [0.25, 0.3) is 0 Å². The maximum absolute atomic E-state index is 12.7. The molecule has 1 aliphatic rings. The normalized spacial score (nSPS) is 16.3. The van der Waals surface area contributed by atoms with Crippen molar-refractivity contribution in [2.24, 2.45) is 4.99 Å². The number of ether oxygens (including phenoxy) is 2. The zero-order chi connectivity index (χ0) is 20.4. The molecule has 1 fully saturated rings. The van der Waals surface area contributed by atoms with Crippen LogP contribution in [-0.4, -0.2) is 56.8 Å². The second-order valence-electron chi connectivity index (χ2n) is 6.81. The Bertz CT molecular complexity index is 620. The quantitative estimate of drug-likeness (QED) is 0.494. The molecule has 8 heteroatoms. The lowest BCUT2D eigenvalue weighted by Gasteiger charge is -2.32. The smallest absolute Gasteiger partial charge is 0.387 e. The SMILES string of the molecule is CCCN1CCC(NC(=NCc2ccc(OC)cc2OC(F)F)NCC)CC1. The Morgan fingerprint density at radius 1 is 1.29 bits per heavy atom. The first kappa shape index (κ1) is 22.2. The van der Waals surface area contributed by atoms with E-state index in [4.69, 9.17) is 4.74 Å². The Morgan fingerprint density at radius 3 is 2.64 bits per heavy atom. The van der Waals surface area contributed by atoms with E-state index in [1.165, 1.54) is 19.6 Å². The van der Waals surface area contributed by atoms with E-state index in [0.717, 1.165) is 39.0 Å². The first-order valence-corrected chi connectivity index (χ1v) is 9.94. The van der Waals surface area contributed by atoms with E-state index in [-0.39, 0.29) is 12.3 Å². The Hall–Kier alpha value is -2.09. The molecule has 0 atom stereocenters. The van der Waals surface area contributed by atoms with Crippen molar-refractivity contribution in [1.82, 2.24) is 15.5 Å². The zero-order valence-electron chi connectivity index (χ0n) is 17.0. The molecule has 0 unspecified atom stereocenters. The van der Waals surface area contributed by atoms with Gasteiger partial charge in [0.15, 0.2) is 5.96 Å². The summed E-state index contributed by atoms with van der Waals surface area (Å²) in [5.74, 6) is 1.24. The highest BCUT2D eigenvalue weighted by atomic mass is 19.3. The number of guanidine groups is 1. The van der Waals surface area contributed by atoms with E-state index in [2.05, 4.69) is 32.2 Å². The predicted octanol–water partition coefficient (Wildman–Crippen LogP) is 3.23. The number of nitrogens with zero attached hydrogens (tertiary/aromatic N) is 2. The highest BCUT2D eigenvalue weighted by Crippen LogP contribution is 2.27. The summed E-state index contributed by atoms with van der Waals surface area (Å²) in [5.41, 5.74) is 0.580. The van der Waals surface area contributed by atoms with Gasteiger partial charge in [-0.3, -0.25) is 0 Å². The molecular weight excluding hydrogens is 366 g/mol. The number of nitrogens with one attached hydrogen (secondary N) is 2.